The number of carboxylic acid groups (broad SMARTS) is 1. The van der Waals surface area contributed by atoms with Crippen LogP contribution in [0.5, 0.6) is 0 Å². The summed E-state index contributed by atoms with van der Waals surface area (Å²) in [4.78, 5) is 22.0. The summed E-state index contributed by atoms with van der Waals surface area (Å²) in [6, 6.07) is 0. The number of rotatable bonds is 9. The fourth-order valence-electron chi connectivity index (χ4n) is 1.20. The molecule has 7 heteroatoms. The quantitative estimate of drug-likeness (QED) is 0.561. The SMILES string of the molecule is CCC(C(=O)O)S(=O)CC(=O)NCCCOC. The molecule has 0 aromatic rings. The molecule has 2 N–H and O–H groups in total. The molecule has 0 radical (unpaired) electrons. The van der Waals surface area contributed by atoms with E-state index in [9.17, 15) is 13.8 Å². The molecule has 0 fully saturated rings. The molecule has 0 aromatic heterocycles. The van der Waals surface area contributed by atoms with Gasteiger partial charge in [-0.3, -0.25) is 13.8 Å². The van der Waals surface area contributed by atoms with E-state index in [0.717, 1.165) is 0 Å². The van der Waals surface area contributed by atoms with Gasteiger partial charge in [0.2, 0.25) is 5.91 Å². The van der Waals surface area contributed by atoms with E-state index in [1.807, 2.05) is 0 Å². The molecule has 0 heterocycles. The number of carboxylic acids is 1. The second-order valence-corrected chi connectivity index (χ2v) is 5.08. The molecule has 0 aromatic carbocycles. The van der Waals surface area contributed by atoms with Crippen LogP contribution in [0.4, 0.5) is 0 Å². The lowest BCUT2D eigenvalue weighted by Crippen LogP contribution is -2.35. The van der Waals surface area contributed by atoms with E-state index in [1.165, 1.54) is 0 Å². The number of methoxy groups -OCH3 is 1. The number of hydrogen-bond donors (Lipinski definition) is 2. The zero-order valence-corrected chi connectivity index (χ0v) is 10.9. The standard InChI is InChI=1S/C10H19NO5S/c1-3-8(10(13)14)17(15)7-9(12)11-5-4-6-16-2/h8H,3-7H2,1-2H3,(H,11,12)(H,13,14). The number of hydrogen-bond acceptors (Lipinski definition) is 4. The molecule has 0 aliphatic carbocycles. The molecule has 0 spiro atoms. The average Bonchev–Trinajstić information content (AvgIpc) is 2.24. The van der Waals surface area contributed by atoms with Gasteiger partial charge in [0, 0.05) is 31.1 Å². The van der Waals surface area contributed by atoms with Crippen molar-refractivity contribution in [3.05, 3.63) is 0 Å². The van der Waals surface area contributed by atoms with Crippen LogP contribution in [0.3, 0.4) is 0 Å². The highest BCUT2D eigenvalue weighted by Crippen LogP contribution is 2.02. The van der Waals surface area contributed by atoms with Gasteiger partial charge in [0.1, 0.15) is 11.0 Å². The molecule has 0 saturated carbocycles. The summed E-state index contributed by atoms with van der Waals surface area (Å²) in [6.07, 6.45) is 0.921. The second-order valence-electron chi connectivity index (χ2n) is 3.46. The van der Waals surface area contributed by atoms with Crippen molar-refractivity contribution in [1.82, 2.24) is 5.32 Å². The third-order valence-electron chi connectivity index (χ3n) is 2.08. The van der Waals surface area contributed by atoms with Gasteiger partial charge in [-0.1, -0.05) is 6.92 Å². The molecule has 0 aliphatic rings. The zero-order chi connectivity index (χ0) is 13.3. The van der Waals surface area contributed by atoms with Crippen molar-refractivity contribution >= 4 is 22.7 Å². The Morgan fingerprint density at radius 3 is 2.59 bits per heavy atom. The lowest BCUT2D eigenvalue weighted by Gasteiger charge is -2.09. The third kappa shape index (κ3) is 7.06. The van der Waals surface area contributed by atoms with Crippen LogP contribution >= 0.6 is 0 Å². The lowest BCUT2D eigenvalue weighted by atomic mass is 10.3. The van der Waals surface area contributed by atoms with E-state index < -0.39 is 22.0 Å². The minimum atomic E-state index is -1.67. The summed E-state index contributed by atoms with van der Waals surface area (Å²) < 4.78 is 16.4. The molecule has 2 unspecified atom stereocenters. The van der Waals surface area contributed by atoms with Gasteiger partial charge in [-0.2, -0.15) is 0 Å². The minimum Gasteiger partial charge on any atom is -0.480 e. The first-order valence-electron chi connectivity index (χ1n) is 5.38. The van der Waals surface area contributed by atoms with Gasteiger partial charge in [0.25, 0.3) is 0 Å². The minimum absolute atomic E-state index is 0.249. The summed E-state index contributed by atoms with van der Waals surface area (Å²) in [5, 5.41) is 10.4. The third-order valence-corrected chi connectivity index (χ3v) is 3.80. The molecule has 100 valence electrons. The van der Waals surface area contributed by atoms with E-state index >= 15 is 0 Å². The largest absolute Gasteiger partial charge is 0.480 e. The highest BCUT2D eigenvalue weighted by atomic mass is 32.2. The summed E-state index contributed by atoms with van der Waals surface area (Å²) >= 11 is 0. The number of amides is 1. The van der Waals surface area contributed by atoms with Gasteiger partial charge in [-0.05, 0) is 12.8 Å². The Morgan fingerprint density at radius 1 is 1.47 bits per heavy atom. The second kappa shape index (κ2) is 9.12. The van der Waals surface area contributed by atoms with Crippen LogP contribution in [0.1, 0.15) is 19.8 Å². The van der Waals surface area contributed by atoms with Gasteiger partial charge < -0.3 is 15.2 Å². The number of carbonyl (C=O) groups is 2. The van der Waals surface area contributed by atoms with Crippen LogP contribution in [0, 0.1) is 0 Å². The molecule has 17 heavy (non-hydrogen) atoms. The maximum Gasteiger partial charge on any atom is 0.319 e. The Balaban J connectivity index is 3.94. The molecular formula is C10H19NO5S. The first-order chi connectivity index (χ1) is 8.02. The summed E-state index contributed by atoms with van der Waals surface area (Å²) in [7, 11) is -0.103. The average molecular weight is 265 g/mol. The van der Waals surface area contributed by atoms with Crippen LogP contribution in [-0.2, 0) is 25.1 Å². The highest BCUT2D eigenvalue weighted by Gasteiger charge is 2.24. The van der Waals surface area contributed by atoms with E-state index in [0.29, 0.717) is 19.6 Å². The summed E-state index contributed by atoms with van der Waals surface area (Å²) in [5.74, 6) is -1.78. The van der Waals surface area contributed by atoms with E-state index in [2.05, 4.69) is 5.32 Å². The number of aliphatic carboxylic acids is 1. The Labute approximate surface area is 103 Å². The van der Waals surface area contributed by atoms with Crippen molar-refractivity contribution in [1.29, 1.82) is 0 Å². The number of nitrogens with one attached hydrogen (secondary N) is 1. The topological polar surface area (TPSA) is 92.7 Å². The molecule has 2 atom stereocenters. The van der Waals surface area contributed by atoms with E-state index in [1.54, 1.807) is 14.0 Å². The van der Waals surface area contributed by atoms with Crippen molar-refractivity contribution in [2.75, 3.05) is 26.0 Å². The first-order valence-corrected chi connectivity index (χ1v) is 6.76. The Hall–Kier alpha value is -0.950. The van der Waals surface area contributed by atoms with Crippen LogP contribution in [0.15, 0.2) is 0 Å². The van der Waals surface area contributed by atoms with E-state index in [-0.39, 0.29) is 18.1 Å². The lowest BCUT2D eigenvalue weighted by molar-refractivity contribution is -0.136. The maximum atomic E-state index is 11.6. The van der Waals surface area contributed by atoms with Crippen LogP contribution in [0.25, 0.3) is 0 Å². The Kier molecular flexibility index (Phi) is 8.61. The van der Waals surface area contributed by atoms with Crippen molar-refractivity contribution in [3.8, 4) is 0 Å². The fourth-order valence-corrected chi connectivity index (χ4v) is 2.36. The summed E-state index contributed by atoms with van der Waals surface area (Å²) in [6.45, 7) is 2.61. The predicted molar refractivity (Wildman–Crippen MR) is 64.2 cm³/mol. The smallest absolute Gasteiger partial charge is 0.319 e. The Morgan fingerprint density at radius 2 is 2.12 bits per heavy atom. The highest BCUT2D eigenvalue weighted by molar-refractivity contribution is 7.87. The Bertz CT molecular complexity index is 282. The van der Waals surface area contributed by atoms with Crippen molar-refractivity contribution in [3.63, 3.8) is 0 Å². The van der Waals surface area contributed by atoms with Crippen LogP contribution < -0.4 is 5.32 Å². The normalized spacial score (nSPS) is 14.0. The predicted octanol–water partition coefficient (Wildman–Crippen LogP) is -0.249. The monoisotopic (exact) mass is 265 g/mol. The first kappa shape index (κ1) is 16.1. The summed E-state index contributed by atoms with van der Waals surface area (Å²) in [5.41, 5.74) is 0. The number of carbonyl (C=O) groups excluding carboxylic acids is 1. The van der Waals surface area contributed by atoms with Gasteiger partial charge in [-0.15, -0.1) is 0 Å². The van der Waals surface area contributed by atoms with Gasteiger partial charge >= 0.3 is 5.97 Å². The maximum absolute atomic E-state index is 11.6. The zero-order valence-electron chi connectivity index (χ0n) is 10.1. The number of ether oxygens (including phenoxy) is 1. The van der Waals surface area contributed by atoms with E-state index in [4.69, 9.17) is 9.84 Å². The molecule has 0 bridgehead atoms. The molecule has 0 aliphatic heterocycles. The van der Waals surface area contributed by atoms with Gasteiger partial charge in [0.15, 0.2) is 0 Å². The van der Waals surface area contributed by atoms with Gasteiger partial charge in [0.05, 0.1) is 0 Å². The van der Waals surface area contributed by atoms with Crippen LogP contribution in [-0.4, -0.2) is 52.5 Å². The van der Waals surface area contributed by atoms with Gasteiger partial charge in [-0.25, -0.2) is 0 Å². The molecule has 0 saturated heterocycles. The van der Waals surface area contributed by atoms with Crippen molar-refractivity contribution < 1.29 is 23.6 Å². The molecular weight excluding hydrogens is 246 g/mol. The molecule has 6 nitrogen and oxygen atoms in total. The van der Waals surface area contributed by atoms with Crippen molar-refractivity contribution in [2.45, 2.75) is 25.0 Å². The fraction of sp³-hybridized carbons (Fsp3) is 0.800. The molecule has 1 amide bonds. The van der Waals surface area contributed by atoms with Crippen LogP contribution in [0.2, 0.25) is 0 Å². The van der Waals surface area contributed by atoms with Crippen molar-refractivity contribution in [2.24, 2.45) is 0 Å². The molecule has 0 rings (SSSR count).